The van der Waals surface area contributed by atoms with Gasteiger partial charge in [-0.25, -0.2) is 4.99 Å². The van der Waals surface area contributed by atoms with Gasteiger partial charge in [0.25, 0.3) is 0 Å². The Morgan fingerprint density at radius 2 is 1.71 bits per heavy atom. The van der Waals surface area contributed by atoms with Gasteiger partial charge in [-0.05, 0) is 37.3 Å². The quantitative estimate of drug-likeness (QED) is 0.703. The molecule has 1 aliphatic heterocycles. The third-order valence-corrected chi connectivity index (χ3v) is 6.29. The SMILES string of the molecule is CC(C)OC1=NC(c2ccccc2O)NC(C2=CC3C=CC=CC3C3C=CC=CC23)=C1. The maximum atomic E-state index is 10.4. The number of nitrogens with zero attached hydrogens (tertiary/aromatic N) is 1. The summed E-state index contributed by atoms with van der Waals surface area (Å²) < 4.78 is 6.01. The number of rotatable bonds is 3. The van der Waals surface area contributed by atoms with Crippen molar-refractivity contribution in [1.82, 2.24) is 5.32 Å². The first-order chi connectivity index (χ1) is 15.1. The highest BCUT2D eigenvalue weighted by Gasteiger charge is 2.39. The molecule has 4 nitrogen and oxygen atoms in total. The maximum absolute atomic E-state index is 10.4. The Bertz CT molecular complexity index is 1070. The molecular formula is C27H28N2O2. The van der Waals surface area contributed by atoms with Crippen LogP contribution >= 0.6 is 0 Å². The van der Waals surface area contributed by atoms with E-state index in [-0.39, 0.29) is 17.8 Å². The molecule has 0 amide bonds. The van der Waals surface area contributed by atoms with E-state index < -0.39 is 6.17 Å². The number of benzene rings is 1. The first-order valence-corrected chi connectivity index (χ1v) is 11.0. The molecule has 4 aliphatic rings. The molecule has 0 radical (unpaired) electrons. The van der Waals surface area contributed by atoms with Gasteiger partial charge in [0.15, 0.2) is 6.17 Å². The third-order valence-electron chi connectivity index (χ3n) is 6.29. The Labute approximate surface area is 183 Å². The normalized spacial score (nSPS) is 30.7. The van der Waals surface area contributed by atoms with Crippen molar-refractivity contribution in [2.24, 2.45) is 28.7 Å². The van der Waals surface area contributed by atoms with E-state index in [1.165, 1.54) is 5.57 Å². The topological polar surface area (TPSA) is 53.9 Å². The van der Waals surface area contributed by atoms with Crippen molar-refractivity contribution in [3.63, 3.8) is 0 Å². The molecule has 2 N–H and O–H groups in total. The van der Waals surface area contributed by atoms with Gasteiger partial charge in [-0.1, -0.05) is 72.9 Å². The summed E-state index contributed by atoms with van der Waals surface area (Å²) in [4.78, 5) is 4.75. The van der Waals surface area contributed by atoms with Crippen LogP contribution in [0.4, 0.5) is 0 Å². The largest absolute Gasteiger partial charge is 0.508 e. The van der Waals surface area contributed by atoms with Crippen LogP contribution < -0.4 is 5.32 Å². The average molecular weight is 413 g/mol. The van der Waals surface area contributed by atoms with Crippen molar-refractivity contribution in [2.45, 2.75) is 26.1 Å². The molecule has 0 spiro atoms. The minimum Gasteiger partial charge on any atom is -0.508 e. The molecule has 3 aliphatic carbocycles. The van der Waals surface area contributed by atoms with E-state index in [1.807, 2.05) is 38.1 Å². The lowest BCUT2D eigenvalue weighted by Gasteiger charge is -2.41. The number of aromatic hydroxyl groups is 1. The van der Waals surface area contributed by atoms with Crippen LogP contribution in [0.3, 0.4) is 0 Å². The zero-order valence-corrected chi connectivity index (χ0v) is 17.8. The van der Waals surface area contributed by atoms with E-state index >= 15 is 0 Å². The zero-order valence-electron chi connectivity index (χ0n) is 17.8. The number of hydrogen-bond donors (Lipinski definition) is 2. The molecule has 158 valence electrons. The summed E-state index contributed by atoms with van der Waals surface area (Å²) in [5.74, 6) is 2.34. The van der Waals surface area contributed by atoms with E-state index in [9.17, 15) is 5.11 Å². The van der Waals surface area contributed by atoms with E-state index in [4.69, 9.17) is 9.73 Å². The fourth-order valence-corrected chi connectivity index (χ4v) is 4.93. The highest BCUT2D eigenvalue weighted by Crippen LogP contribution is 2.46. The highest BCUT2D eigenvalue weighted by molar-refractivity contribution is 5.90. The molecule has 1 heterocycles. The number of phenols is 1. The molecule has 0 saturated carbocycles. The molecule has 0 bridgehead atoms. The van der Waals surface area contributed by atoms with Gasteiger partial charge in [0.05, 0.1) is 6.10 Å². The van der Waals surface area contributed by atoms with Crippen LogP contribution in [0.25, 0.3) is 0 Å². The monoisotopic (exact) mass is 412 g/mol. The van der Waals surface area contributed by atoms with Crippen LogP contribution in [0, 0.1) is 23.7 Å². The molecule has 1 aromatic carbocycles. The van der Waals surface area contributed by atoms with E-state index in [1.54, 1.807) is 6.07 Å². The molecule has 5 atom stereocenters. The molecular weight excluding hydrogens is 384 g/mol. The van der Waals surface area contributed by atoms with Crippen molar-refractivity contribution < 1.29 is 9.84 Å². The van der Waals surface area contributed by atoms with Crippen molar-refractivity contribution in [3.05, 3.63) is 102 Å². The summed E-state index contributed by atoms with van der Waals surface area (Å²) >= 11 is 0. The van der Waals surface area contributed by atoms with Crippen molar-refractivity contribution in [3.8, 4) is 5.75 Å². The van der Waals surface area contributed by atoms with Gasteiger partial charge >= 0.3 is 0 Å². The minimum atomic E-state index is -0.406. The molecule has 0 fully saturated rings. The Morgan fingerprint density at radius 1 is 0.968 bits per heavy atom. The summed E-state index contributed by atoms with van der Waals surface area (Å²) in [6, 6.07) is 7.34. The van der Waals surface area contributed by atoms with Gasteiger partial charge in [0.2, 0.25) is 5.90 Å². The summed E-state index contributed by atoms with van der Waals surface area (Å²) in [6.45, 7) is 4.00. The van der Waals surface area contributed by atoms with Crippen molar-refractivity contribution in [1.29, 1.82) is 0 Å². The predicted molar refractivity (Wildman–Crippen MR) is 124 cm³/mol. The van der Waals surface area contributed by atoms with Crippen LogP contribution in [0.15, 0.2) is 101 Å². The van der Waals surface area contributed by atoms with Gasteiger partial charge in [0, 0.05) is 29.2 Å². The first-order valence-electron chi connectivity index (χ1n) is 11.0. The van der Waals surface area contributed by atoms with Gasteiger partial charge in [-0.2, -0.15) is 0 Å². The average Bonchev–Trinajstić information content (AvgIpc) is 2.78. The molecule has 1 aromatic rings. The Morgan fingerprint density at radius 3 is 2.52 bits per heavy atom. The second-order valence-electron chi connectivity index (χ2n) is 8.72. The lowest BCUT2D eigenvalue weighted by molar-refractivity contribution is 0.226. The lowest BCUT2D eigenvalue weighted by atomic mass is 9.64. The second kappa shape index (κ2) is 8.10. The molecule has 31 heavy (non-hydrogen) atoms. The zero-order chi connectivity index (χ0) is 21.4. The summed E-state index contributed by atoms with van der Waals surface area (Å²) in [7, 11) is 0. The third kappa shape index (κ3) is 3.78. The van der Waals surface area contributed by atoms with E-state index in [2.05, 4.69) is 60.0 Å². The number of para-hydroxylation sites is 1. The first kappa shape index (κ1) is 19.7. The number of aliphatic imine (C=N–C) groups is 1. The standard InChI is InChI=1S/C27H28N2O2/c1-17(2)31-26-16-24(28-27(29-26)22-13-7-8-14-25(22)30)23-15-18-9-3-4-10-19(18)20-11-5-6-12-21(20)23/h3-21,27-28,30H,1-2H3. The number of nitrogens with one attached hydrogen (secondary N) is 1. The van der Waals surface area contributed by atoms with Crippen LogP contribution in [0.1, 0.15) is 25.6 Å². The maximum Gasteiger partial charge on any atom is 0.213 e. The van der Waals surface area contributed by atoms with Gasteiger partial charge in [-0.3, -0.25) is 0 Å². The molecule has 5 unspecified atom stereocenters. The molecule has 5 rings (SSSR count). The predicted octanol–water partition coefficient (Wildman–Crippen LogP) is 5.36. The van der Waals surface area contributed by atoms with Crippen LogP contribution in [-0.4, -0.2) is 17.1 Å². The Balaban J connectivity index is 1.56. The number of ether oxygens (including phenoxy) is 1. The Hall–Kier alpha value is -3.27. The Kier molecular flexibility index (Phi) is 5.14. The molecule has 0 aromatic heterocycles. The molecule has 4 heteroatoms. The highest BCUT2D eigenvalue weighted by atomic mass is 16.5. The smallest absolute Gasteiger partial charge is 0.213 e. The van der Waals surface area contributed by atoms with Gasteiger partial charge in [0.1, 0.15) is 5.75 Å². The number of phenolic OH excluding ortho intramolecular Hbond substituents is 1. The van der Waals surface area contributed by atoms with Crippen molar-refractivity contribution >= 4 is 5.90 Å². The van der Waals surface area contributed by atoms with Gasteiger partial charge in [-0.15, -0.1) is 0 Å². The number of hydrogen-bond acceptors (Lipinski definition) is 4. The number of fused-ring (bicyclic) bond motifs is 3. The van der Waals surface area contributed by atoms with Crippen LogP contribution in [0.5, 0.6) is 5.75 Å². The van der Waals surface area contributed by atoms with Crippen LogP contribution in [0.2, 0.25) is 0 Å². The minimum absolute atomic E-state index is 0.0146. The van der Waals surface area contributed by atoms with Crippen molar-refractivity contribution in [2.75, 3.05) is 0 Å². The van der Waals surface area contributed by atoms with Crippen LogP contribution in [-0.2, 0) is 4.74 Å². The lowest BCUT2D eigenvalue weighted by Crippen LogP contribution is -2.36. The second-order valence-corrected chi connectivity index (χ2v) is 8.72. The van der Waals surface area contributed by atoms with E-state index in [0.29, 0.717) is 23.7 Å². The summed E-state index contributed by atoms with van der Waals surface area (Å²) in [5.41, 5.74) is 3.01. The summed E-state index contributed by atoms with van der Waals surface area (Å²) in [6.07, 6.45) is 21.9. The fourth-order valence-electron chi connectivity index (χ4n) is 4.93. The molecule has 0 saturated heterocycles. The van der Waals surface area contributed by atoms with E-state index in [0.717, 1.165) is 11.3 Å². The summed E-state index contributed by atoms with van der Waals surface area (Å²) in [5, 5.41) is 14.0. The number of allylic oxidation sites excluding steroid dienone is 10. The van der Waals surface area contributed by atoms with Gasteiger partial charge < -0.3 is 15.2 Å². The fraction of sp³-hybridized carbons (Fsp3) is 0.296.